The first-order chi connectivity index (χ1) is 8.38. The van der Waals surface area contributed by atoms with E-state index in [4.69, 9.17) is 4.74 Å². The molecular formula is C13H19N3O. The average molecular weight is 233 g/mol. The molecule has 2 rings (SSSR count). The van der Waals surface area contributed by atoms with Crippen LogP contribution in [0.3, 0.4) is 0 Å². The van der Waals surface area contributed by atoms with Gasteiger partial charge in [-0.3, -0.25) is 0 Å². The summed E-state index contributed by atoms with van der Waals surface area (Å²) in [5.41, 5.74) is 0. The molecule has 1 aromatic heterocycles. The van der Waals surface area contributed by atoms with Gasteiger partial charge >= 0.3 is 0 Å². The highest BCUT2D eigenvalue weighted by Crippen LogP contribution is 2.16. The molecule has 2 N–H and O–H groups in total. The second-order valence-electron chi connectivity index (χ2n) is 4.10. The van der Waals surface area contributed by atoms with E-state index in [1.807, 2.05) is 24.3 Å². The zero-order valence-electron chi connectivity index (χ0n) is 9.98. The van der Waals surface area contributed by atoms with Gasteiger partial charge in [0.15, 0.2) is 0 Å². The molecule has 0 saturated carbocycles. The Balaban J connectivity index is 1.92. The SMILES string of the molecule is C=CCNc1cccc(OC2CCNCC2)n1. The number of pyridine rings is 1. The predicted molar refractivity (Wildman–Crippen MR) is 69.4 cm³/mol. The van der Waals surface area contributed by atoms with E-state index in [0.29, 0.717) is 18.5 Å². The Hall–Kier alpha value is -1.55. The van der Waals surface area contributed by atoms with Gasteiger partial charge in [-0.05, 0) is 32.0 Å². The predicted octanol–water partition coefficient (Wildman–Crippen LogP) is 1.81. The number of ether oxygens (including phenoxy) is 1. The molecule has 1 saturated heterocycles. The average Bonchev–Trinajstić information content (AvgIpc) is 2.38. The molecular weight excluding hydrogens is 214 g/mol. The lowest BCUT2D eigenvalue weighted by Crippen LogP contribution is -2.34. The number of hydrogen-bond acceptors (Lipinski definition) is 4. The molecule has 0 radical (unpaired) electrons. The maximum atomic E-state index is 5.86. The first kappa shape index (κ1) is 11.9. The highest BCUT2D eigenvalue weighted by atomic mass is 16.5. The van der Waals surface area contributed by atoms with Crippen molar-refractivity contribution in [1.82, 2.24) is 10.3 Å². The fraction of sp³-hybridized carbons (Fsp3) is 0.462. The molecule has 1 aliphatic heterocycles. The van der Waals surface area contributed by atoms with Crippen molar-refractivity contribution in [2.45, 2.75) is 18.9 Å². The van der Waals surface area contributed by atoms with E-state index in [2.05, 4.69) is 22.2 Å². The summed E-state index contributed by atoms with van der Waals surface area (Å²) < 4.78 is 5.86. The minimum absolute atomic E-state index is 0.290. The van der Waals surface area contributed by atoms with Gasteiger partial charge in [0.25, 0.3) is 0 Å². The lowest BCUT2D eigenvalue weighted by Gasteiger charge is -2.23. The normalized spacial score (nSPS) is 16.5. The molecule has 4 nitrogen and oxygen atoms in total. The molecule has 0 unspecified atom stereocenters. The van der Waals surface area contributed by atoms with Gasteiger partial charge in [-0.25, -0.2) is 0 Å². The van der Waals surface area contributed by atoms with Gasteiger partial charge in [-0.1, -0.05) is 12.1 Å². The quantitative estimate of drug-likeness (QED) is 0.761. The molecule has 0 aromatic carbocycles. The van der Waals surface area contributed by atoms with Crippen LogP contribution in [0.4, 0.5) is 5.82 Å². The van der Waals surface area contributed by atoms with Crippen LogP contribution in [-0.4, -0.2) is 30.7 Å². The van der Waals surface area contributed by atoms with Crippen LogP contribution in [0.1, 0.15) is 12.8 Å². The maximum absolute atomic E-state index is 5.86. The molecule has 17 heavy (non-hydrogen) atoms. The second kappa shape index (κ2) is 6.25. The Morgan fingerprint density at radius 2 is 2.29 bits per heavy atom. The van der Waals surface area contributed by atoms with Crippen molar-refractivity contribution in [1.29, 1.82) is 0 Å². The monoisotopic (exact) mass is 233 g/mol. The van der Waals surface area contributed by atoms with Gasteiger partial charge in [0.05, 0.1) is 0 Å². The summed E-state index contributed by atoms with van der Waals surface area (Å²) in [5, 5.41) is 6.47. The first-order valence-corrected chi connectivity index (χ1v) is 6.07. The molecule has 1 aliphatic rings. The minimum atomic E-state index is 0.290. The Labute approximate surface area is 102 Å². The Morgan fingerprint density at radius 3 is 3.06 bits per heavy atom. The van der Waals surface area contributed by atoms with E-state index in [-0.39, 0.29) is 0 Å². The summed E-state index contributed by atoms with van der Waals surface area (Å²) in [7, 11) is 0. The van der Waals surface area contributed by atoms with Gasteiger partial charge in [-0.2, -0.15) is 4.98 Å². The van der Waals surface area contributed by atoms with Crippen molar-refractivity contribution in [3.63, 3.8) is 0 Å². The van der Waals surface area contributed by atoms with Crippen molar-refractivity contribution in [3.8, 4) is 5.88 Å². The summed E-state index contributed by atoms with van der Waals surface area (Å²) in [6.07, 6.45) is 4.19. The fourth-order valence-corrected chi connectivity index (χ4v) is 1.84. The van der Waals surface area contributed by atoms with Crippen LogP contribution in [0.5, 0.6) is 5.88 Å². The van der Waals surface area contributed by atoms with E-state index in [1.54, 1.807) is 0 Å². The van der Waals surface area contributed by atoms with Crippen molar-refractivity contribution in [2.24, 2.45) is 0 Å². The number of aromatic nitrogens is 1. The molecule has 1 aromatic rings. The zero-order chi connectivity index (χ0) is 11.9. The third-order valence-corrected chi connectivity index (χ3v) is 2.72. The summed E-state index contributed by atoms with van der Waals surface area (Å²) in [4.78, 5) is 4.40. The molecule has 0 bridgehead atoms. The van der Waals surface area contributed by atoms with E-state index in [9.17, 15) is 0 Å². The summed E-state index contributed by atoms with van der Waals surface area (Å²) in [5.74, 6) is 1.53. The van der Waals surface area contributed by atoms with Crippen LogP contribution in [-0.2, 0) is 0 Å². The number of piperidine rings is 1. The first-order valence-electron chi connectivity index (χ1n) is 6.07. The molecule has 0 atom stereocenters. The highest BCUT2D eigenvalue weighted by molar-refractivity contribution is 5.37. The third kappa shape index (κ3) is 3.75. The Bertz CT molecular complexity index is 361. The van der Waals surface area contributed by atoms with Crippen LogP contribution in [0.2, 0.25) is 0 Å². The van der Waals surface area contributed by atoms with Crippen molar-refractivity contribution in [3.05, 3.63) is 30.9 Å². The van der Waals surface area contributed by atoms with Crippen LogP contribution < -0.4 is 15.4 Å². The lowest BCUT2D eigenvalue weighted by molar-refractivity contribution is 0.156. The number of anilines is 1. The fourth-order valence-electron chi connectivity index (χ4n) is 1.84. The number of nitrogens with zero attached hydrogens (tertiary/aromatic N) is 1. The topological polar surface area (TPSA) is 46.2 Å². The van der Waals surface area contributed by atoms with E-state index < -0.39 is 0 Å². The largest absolute Gasteiger partial charge is 0.474 e. The lowest BCUT2D eigenvalue weighted by atomic mass is 10.1. The molecule has 92 valence electrons. The molecule has 0 aliphatic carbocycles. The van der Waals surface area contributed by atoms with E-state index in [0.717, 1.165) is 31.7 Å². The third-order valence-electron chi connectivity index (χ3n) is 2.72. The maximum Gasteiger partial charge on any atom is 0.215 e. The molecule has 0 spiro atoms. The molecule has 1 fully saturated rings. The van der Waals surface area contributed by atoms with Crippen LogP contribution in [0.15, 0.2) is 30.9 Å². The smallest absolute Gasteiger partial charge is 0.215 e. The molecule has 4 heteroatoms. The van der Waals surface area contributed by atoms with Crippen LogP contribution in [0.25, 0.3) is 0 Å². The van der Waals surface area contributed by atoms with Crippen molar-refractivity contribution in [2.75, 3.05) is 25.0 Å². The second-order valence-corrected chi connectivity index (χ2v) is 4.10. The summed E-state index contributed by atoms with van der Waals surface area (Å²) >= 11 is 0. The Morgan fingerprint density at radius 1 is 1.47 bits per heavy atom. The minimum Gasteiger partial charge on any atom is -0.474 e. The summed E-state index contributed by atoms with van der Waals surface area (Å²) in [6.45, 7) is 6.43. The van der Waals surface area contributed by atoms with Crippen LogP contribution in [0, 0.1) is 0 Å². The van der Waals surface area contributed by atoms with Gasteiger partial charge in [-0.15, -0.1) is 6.58 Å². The van der Waals surface area contributed by atoms with E-state index in [1.165, 1.54) is 0 Å². The Kier molecular flexibility index (Phi) is 4.38. The standard InChI is InChI=1S/C13H19N3O/c1-2-8-15-12-4-3-5-13(16-12)17-11-6-9-14-10-7-11/h2-5,11,14H,1,6-10H2,(H,15,16). The van der Waals surface area contributed by atoms with Crippen molar-refractivity contribution >= 4 is 5.82 Å². The number of rotatable bonds is 5. The zero-order valence-corrected chi connectivity index (χ0v) is 9.98. The number of hydrogen-bond donors (Lipinski definition) is 2. The van der Waals surface area contributed by atoms with Gasteiger partial charge in [0.2, 0.25) is 5.88 Å². The highest BCUT2D eigenvalue weighted by Gasteiger charge is 2.14. The summed E-state index contributed by atoms with van der Waals surface area (Å²) in [6, 6.07) is 5.79. The van der Waals surface area contributed by atoms with Crippen molar-refractivity contribution < 1.29 is 4.74 Å². The number of nitrogens with one attached hydrogen (secondary N) is 2. The van der Waals surface area contributed by atoms with E-state index >= 15 is 0 Å². The van der Waals surface area contributed by atoms with Gasteiger partial charge in [0.1, 0.15) is 11.9 Å². The van der Waals surface area contributed by atoms with Crippen LogP contribution >= 0.6 is 0 Å². The molecule has 2 heterocycles. The van der Waals surface area contributed by atoms with Gasteiger partial charge < -0.3 is 15.4 Å². The van der Waals surface area contributed by atoms with Gasteiger partial charge in [0, 0.05) is 12.6 Å². The molecule has 0 amide bonds.